The number of nitrogens with zero attached hydrogens (tertiary/aromatic N) is 1. The Morgan fingerprint density at radius 2 is 1.27 bits per heavy atom. The van der Waals surface area contributed by atoms with Gasteiger partial charge < -0.3 is 8.85 Å². The SMILES string of the molecule is CC(C)c1nc([C@H](C)CO[Si](c2ccccc2)(c2ccccc2)C(C)(C)C)c(CO[Si](C)(C)C(C)(C)C)c(-c2ccc(F)cc2)c1C=O. The summed E-state index contributed by atoms with van der Waals surface area (Å²) in [6.45, 7) is 25.0. The van der Waals surface area contributed by atoms with Gasteiger partial charge in [-0.15, -0.1) is 0 Å². The predicted molar refractivity (Wildman–Crippen MR) is 203 cm³/mol. The molecule has 0 fully saturated rings. The first-order chi connectivity index (χ1) is 22.4. The van der Waals surface area contributed by atoms with Crippen molar-refractivity contribution in [2.75, 3.05) is 6.61 Å². The molecule has 0 unspecified atom stereocenters. The summed E-state index contributed by atoms with van der Waals surface area (Å²) in [7, 11) is -5.03. The summed E-state index contributed by atoms with van der Waals surface area (Å²) in [5.74, 6) is -0.471. The molecular formula is C41H54FNO3Si2. The Bertz CT molecular complexity index is 1640. The molecule has 0 bridgehead atoms. The highest BCUT2D eigenvalue weighted by Gasteiger charge is 2.50. The molecule has 0 saturated carbocycles. The molecule has 3 aromatic carbocycles. The smallest absolute Gasteiger partial charge is 0.261 e. The van der Waals surface area contributed by atoms with E-state index in [-0.39, 0.29) is 27.7 Å². The highest BCUT2D eigenvalue weighted by atomic mass is 28.4. The molecule has 0 saturated heterocycles. The molecule has 0 radical (unpaired) electrons. The first kappa shape index (κ1) is 37.6. The van der Waals surface area contributed by atoms with Gasteiger partial charge in [-0.2, -0.15) is 0 Å². The van der Waals surface area contributed by atoms with Crippen molar-refractivity contribution < 1.29 is 18.0 Å². The summed E-state index contributed by atoms with van der Waals surface area (Å²) >= 11 is 0. The summed E-state index contributed by atoms with van der Waals surface area (Å²) < 4.78 is 28.5. The third-order valence-corrected chi connectivity index (χ3v) is 19.5. The van der Waals surface area contributed by atoms with Crippen molar-refractivity contribution in [2.24, 2.45) is 0 Å². The summed E-state index contributed by atoms with van der Waals surface area (Å²) in [6.07, 6.45) is 0.907. The first-order valence-corrected chi connectivity index (χ1v) is 21.9. The van der Waals surface area contributed by atoms with E-state index in [1.54, 1.807) is 12.1 Å². The zero-order valence-electron chi connectivity index (χ0n) is 30.8. The lowest BCUT2D eigenvalue weighted by Gasteiger charge is -2.43. The van der Waals surface area contributed by atoms with E-state index in [2.05, 4.69) is 136 Å². The number of aldehydes is 1. The van der Waals surface area contributed by atoms with Gasteiger partial charge in [-0.3, -0.25) is 9.78 Å². The van der Waals surface area contributed by atoms with Crippen molar-refractivity contribution in [3.8, 4) is 11.1 Å². The summed E-state index contributed by atoms with van der Waals surface area (Å²) in [5, 5.41) is 2.24. The zero-order chi connectivity index (χ0) is 35.5. The van der Waals surface area contributed by atoms with Crippen molar-refractivity contribution in [1.82, 2.24) is 4.98 Å². The Kier molecular flexibility index (Phi) is 11.5. The van der Waals surface area contributed by atoms with Gasteiger partial charge in [0.15, 0.2) is 14.6 Å². The van der Waals surface area contributed by atoms with Crippen LogP contribution in [0, 0.1) is 5.82 Å². The van der Waals surface area contributed by atoms with Crippen LogP contribution in [0.4, 0.5) is 4.39 Å². The number of rotatable bonds is 12. The second-order valence-electron chi connectivity index (χ2n) is 15.9. The lowest BCUT2D eigenvalue weighted by molar-refractivity contribution is 0.112. The van der Waals surface area contributed by atoms with E-state index in [1.807, 2.05) is 0 Å². The molecule has 0 N–H and O–H groups in total. The Morgan fingerprint density at radius 1 is 0.750 bits per heavy atom. The van der Waals surface area contributed by atoms with Gasteiger partial charge in [0.2, 0.25) is 0 Å². The number of carbonyl (C=O) groups is 1. The van der Waals surface area contributed by atoms with Crippen LogP contribution in [0.5, 0.6) is 0 Å². The van der Waals surface area contributed by atoms with Crippen molar-refractivity contribution in [3.63, 3.8) is 0 Å². The van der Waals surface area contributed by atoms with E-state index in [0.29, 0.717) is 18.8 Å². The minimum atomic E-state index is -2.82. The van der Waals surface area contributed by atoms with Crippen molar-refractivity contribution >= 4 is 33.3 Å². The molecule has 1 aromatic heterocycles. The third kappa shape index (κ3) is 7.65. The number of hydrogen-bond acceptors (Lipinski definition) is 4. The maximum absolute atomic E-state index is 14.2. The molecule has 0 aliphatic carbocycles. The van der Waals surface area contributed by atoms with Crippen LogP contribution in [0.1, 0.15) is 101 Å². The molecule has 0 spiro atoms. The van der Waals surface area contributed by atoms with Crippen molar-refractivity contribution in [2.45, 2.75) is 104 Å². The molecule has 4 nitrogen and oxygen atoms in total. The molecular weight excluding hydrogens is 630 g/mol. The number of pyridine rings is 1. The monoisotopic (exact) mass is 683 g/mol. The van der Waals surface area contributed by atoms with Crippen LogP contribution < -0.4 is 10.4 Å². The highest BCUT2D eigenvalue weighted by Crippen LogP contribution is 2.42. The second-order valence-corrected chi connectivity index (χ2v) is 25.0. The molecule has 1 heterocycles. The molecule has 0 amide bonds. The van der Waals surface area contributed by atoms with E-state index in [4.69, 9.17) is 13.8 Å². The largest absolute Gasteiger partial charge is 0.412 e. The van der Waals surface area contributed by atoms with Crippen LogP contribution >= 0.6 is 0 Å². The van der Waals surface area contributed by atoms with E-state index in [1.165, 1.54) is 22.5 Å². The minimum Gasteiger partial charge on any atom is -0.412 e. The van der Waals surface area contributed by atoms with Crippen molar-refractivity contribution in [3.05, 3.63) is 113 Å². The molecule has 1 atom stereocenters. The average Bonchev–Trinajstić information content (AvgIpc) is 3.03. The molecule has 7 heteroatoms. The van der Waals surface area contributed by atoms with Gasteiger partial charge in [-0.1, -0.05) is 135 Å². The molecule has 0 aliphatic heterocycles. The molecule has 4 aromatic rings. The summed E-state index contributed by atoms with van der Waals surface area (Å²) in [4.78, 5) is 18.2. The van der Waals surface area contributed by atoms with Gasteiger partial charge in [-0.25, -0.2) is 4.39 Å². The molecule has 0 aliphatic rings. The average molecular weight is 684 g/mol. The van der Waals surface area contributed by atoms with Gasteiger partial charge in [0.25, 0.3) is 8.32 Å². The fourth-order valence-corrected chi connectivity index (χ4v) is 11.9. The molecule has 256 valence electrons. The predicted octanol–water partition coefficient (Wildman–Crippen LogP) is 10.0. The van der Waals surface area contributed by atoms with Gasteiger partial charge in [0, 0.05) is 29.2 Å². The summed E-state index contributed by atoms with van der Waals surface area (Å²) in [6, 6.07) is 27.7. The Hall–Kier alpha value is -3.24. The van der Waals surface area contributed by atoms with Crippen LogP contribution in [0.3, 0.4) is 0 Å². The van der Waals surface area contributed by atoms with E-state index < -0.39 is 16.6 Å². The molecule has 4 rings (SSSR count). The van der Waals surface area contributed by atoms with Crippen LogP contribution in [-0.2, 0) is 15.5 Å². The third-order valence-electron chi connectivity index (χ3n) is 10.0. The number of aromatic nitrogens is 1. The normalized spacial score (nSPS) is 13.5. The van der Waals surface area contributed by atoms with Crippen LogP contribution in [0.2, 0.25) is 23.2 Å². The lowest BCUT2D eigenvalue weighted by Crippen LogP contribution is -2.66. The van der Waals surface area contributed by atoms with Gasteiger partial charge in [-0.05, 0) is 57.2 Å². The zero-order valence-corrected chi connectivity index (χ0v) is 32.8. The standard InChI is InChI=1S/C41H54FNO3Si2/c1-29(2)38-35(26-44)37(31-22-24-32(42)25-23-31)36(28-45-47(10,11)40(4,5)6)39(43-38)30(3)27-46-48(41(7,8)9,33-18-14-12-15-19-33)34-20-16-13-17-21-34/h12-26,29-30H,27-28H2,1-11H3/t30-/m1/s1. The van der Waals surface area contributed by atoms with Gasteiger partial charge in [0.1, 0.15) is 5.82 Å². The maximum Gasteiger partial charge on any atom is 0.261 e. The van der Waals surface area contributed by atoms with Crippen molar-refractivity contribution in [1.29, 1.82) is 0 Å². The molecule has 48 heavy (non-hydrogen) atoms. The van der Waals surface area contributed by atoms with Gasteiger partial charge in [0.05, 0.1) is 18.0 Å². The van der Waals surface area contributed by atoms with Crippen LogP contribution in [0.25, 0.3) is 11.1 Å². The quantitative estimate of drug-likeness (QED) is 0.110. The fraction of sp³-hybridized carbons (Fsp3) is 0.415. The fourth-order valence-electron chi connectivity index (χ4n) is 6.30. The number of benzene rings is 3. The van der Waals surface area contributed by atoms with E-state index in [0.717, 1.165) is 34.4 Å². The Morgan fingerprint density at radius 3 is 1.71 bits per heavy atom. The first-order valence-electron chi connectivity index (χ1n) is 17.1. The van der Waals surface area contributed by atoms with E-state index in [9.17, 15) is 9.18 Å². The Labute approximate surface area is 290 Å². The number of carbonyl (C=O) groups excluding carboxylic acids is 1. The van der Waals surface area contributed by atoms with Crippen LogP contribution in [0.15, 0.2) is 84.9 Å². The minimum absolute atomic E-state index is 0.0108. The second kappa shape index (κ2) is 14.7. The lowest BCUT2D eigenvalue weighted by atomic mass is 9.87. The number of halogens is 1. The van der Waals surface area contributed by atoms with Gasteiger partial charge >= 0.3 is 0 Å². The highest BCUT2D eigenvalue weighted by molar-refractivity contribution is 6.99. The summed E-state index contributed by atoms with van der Waals surface area (Å²) in [5.41, 5.74) is 4.55. The Balaban J connectivity index is 1.94. The van der Waals surface area contributed by atoms with Crippen LogP contribution in [-0.4, -0.2) is 34.5 Å². The number of hydrogen-bond donors (Lipinski definition) is 0. The van der Waals surface area contributed by atoms with E-state index >= 15 is 0 Å². The maximum atomic E-state index is 14.2. The topological polar surface area (TPSA) is 48.4 Å².